The number of nitrogens with one attached hydrogen (secondary N) is 1. The normalized spacial score (nSPS) is 11.2. The largest absolute Gasteiger partial charge is 0.493 e. The molecule has 36 heavy (non-hydrogen) atoms. The number of hydrogen-bond donors (Lipinski definition) is 1. The standard InChI is InChI=1S/C29H25F3N2O2/c1-19-6-5-8-25(27(19)21-9-11-22(12-10-21)29(30,31)32)28(35)34-26-14-13-24(18-20(26)2)36-17-15-23-7-3-4-16-33-23/h3-14,16,18H,15,17H2,1-2H3,(H,34,35). The van der Waals surface area contributed by atoms with Crippen LogP contribution in [0.3, 0.4) is 0 Å². The van der Waals surface area contributed by atoms with Crippen molar-refractivity contribution in [2.45, 2.75) is 26.4 Å². The van der Waals surface area contributed by atoms with E-state index < -0.39 is 11.7 Å². The second-order valence-electron chi connectivity index (χ2n) is 8.42. The zero-order chi connectivity index (χ0) is 25.7. The molecule has 0 bridgehead atoms. The Morgan fingerprint density at radius 3 is 2.36 bits per heavy atom. The molecule has 0 aliphatic rings. The lowest BCUT2D eigenvalue weighted by molar-refractivity contribution is -0.137. The van der Waals surface area contributed by atoms with Crippen molar-refractivity contribution in [2.24, 2.45) is 0 Å². The van der Waals surface area contributed by atoms with Gasteiger partial charge in [0.1, 0.15) is 5.75 Å². The van der Waals surface area contributed by atoms with Gasteiger partial charge in [-0.2, -0.15) is 13.2 Å². The van der Waals surface area contributed by atoms with Crippen LogP contribution in [0.15, 0.2) is 85.1 Å². The molecule has 0 saturated carbocycles. The van der Waals surface area contributed by atoms with Gasteiger partial charge < -0.3 is 10.1 Å². The van der Waals surface area contributed by atoms with Gasteiger partial charge in [-0.15, -0.1) is 0 Å². The van der Waals surface area contributed by atoms with E-state index in [4.69, 9.17) is 4.74 Å². The summed E-state index contributed by atoms with van der Waals surface area (Å²) in [6.45, 7) is 4.17. The molecule has 1 N–H and O–H groups in total. The van der Waals surface area contributed by atoms with E-state index in [0.717, 1.165) is 29.0 Å². The molecule has 184 valence electrons. The highest BCUT2D eigenvalue weighted by Gasteiger charge is 2.30. The summed E-state index contributed by atoms with van der Waals surface area (Å²) in [5.41, 5.74) is 3.96. The third-order valence-corrected chi connectivity index (χ3v) is 5.82. The lowest BCUT2D eigenvalue weighted by atomic mass is 9.93. The number of benzene rings is 3. The van der Waals surface area contributed by atoms with E-state index in [1.165, 1.54) is 12.1 Å². The Labute approximate surface area is 207 Å². The fourth-order valence-corrected chi connectivity index (χ4v) is 3.94. The van der Waals surface area contributed by atoms with Crippen LogP contribution in [0.25, 0.3) is 11.1 Å². The average molecular weight is 491 g/mol. The quantitative estimate of drug-likeness (QED) is 0.297. The van der Waals surface area contributed by atoms with Crippen molar-refractivity contribution in [3.63, 3.8) is 0 Å². The molecule has 1 amide bonds. The van der Waals surface area contributed by atoms with Gasteiger partial charge in [0, 0.05) is 29.6 Å². The summed E-state index contributed by atoms with van der Waals surface area (Å²) in [5.74, 6) is 0.336. The molecule has 0 aliphatic heterocycles. The number of aromatic nitrogens is 1. The molecule has 0 fully saturated rings. The Bertz CT molecular complexity index is 1350. The zero-order valence-corrected chi connectivity index (χ0v) is 19.9. The van der Waals surface area contributed by atoms with Crippen molar-refractivity contribution < 1.29 is 22.7 Å². The van der Waals surface area contributed by atoms with E-state index in [2.05, 4.69) is 10.3 Å². The molecule has 0 radical (unpaired) electrons. The zero-order valence-electron chi connectivity index (χ0n) is 19.9. The average Bonchev–Trinajstić information content (AvgIpc) is 2.85. The number of carbonyl (C=O) groups is 1. The highest BCUT2D eigenvalue weighted by molar-refractivity contribution is 6.09. The van der Waals surface area contributed by atoms with Crippen molar-refractivity contribution in [2.75, 3.05) is 11.9 Å². The van der Waals surface area contributed by atoms with E-state index in [1.54, 1.807) is 30.5 Å². The van der Waals surface area contributed by atoms with Gasteiger partial charge in [-0.25, -0.2) is 0 Å². The van der Waals surface area contributed by atoms with Crippen LogP contribution in [0.4, 0.5) is 18.9 Å². The first kappa shape index (κ1) is 25.0. The van der Waals surface area contributed by atoms with E-state index in [9.17, 15) is 18.0 Å². The van der Waals surface area contributed by atoms with Gasteiger partial charge in [0.2, 0.25) is 0 Å². The number of amides is 1. The second kappa shape index (κ2) is 10.6. The second-order valence-corrected chi connectivity index (χ2v) is 8.42. The van der Waals surface area contributed by atoms with Crippen molar-refractivity contribution in [3.05, 3.63) is 113 Å². The third kappa shape index (κ3) is 5.92. The minimum Gasteiger partial charge on any atom is -0.493 e. The number of anilines is 1. The van der Waals surface area contributed by atoms with Gasteiger partial charge in [-0.05, 0) is 84.6 Å². The first-order chi connectivity index (χ1) is 17.2. The summed E-state index contributed by atoms with van der Waals surface area (Å²) < 4.78 is 44.8. The Hall–Kier alpha value is -4.13. The van der Waals surface area contributed by atoms with Gasteiger partial charge in [0.15, 0.2) is 0 Å². The van der Waals surface area contributed by atoms with Crippen LogP contribution in [-0.4, -0.2) is 17.5 Å². The molecule has 4 aromatic rings. The molecule has 0 unspecified atom stereocenters. The van der Waals surface area contributed by atoms with Crippen molar-refractivity contribution in [1.82, 2.24) is 4.98 Å². The molecular weight excluding hydrogens is 465 g/mol. The van der Waals surface area contributed by atoms with Crippen LogP contribution in [0.2, 0.25) is 0 Å². The minimum atomic E-state index is -4.42. The molecule has 0 saturated heterocycles. The summed E-state index contributed by atoms with van der Waals surface area (Å²) in [5, 5.41) is 2.92. The van der Waals surface area contributed by atoms with Crippen LogP contribution in [0.5, 0.6) is 5.75 Å². The maximum absolute atomic E-state index is 13.2. The summed E-state index contributed by atoms with van der Waals surface area (Å²) in [6.07, 6.45) is -2.00. The number of aryl methyl sites for hydroxylation is 2. The van der Waals surface area contributed by atoms with Gasteiger partial charge in [0.25, 0.3) is 5.91 Å². The lowest BCUT2D eigenvalue weighted by Crippen LogP contribution is -2.14. The van der Waals surface area contributed by atoms with Gasteiger partial charge in [-0.3, -0.25) is 9.78 Å². The van der Waals surface area contributed by atoms with Crippen LogP contribution in [0, 0.1) is 13.8 Å². The number of ether oxygens (including phenoxy) is 1. The number of nitrogens with zero attached hydrogens (tertiary/aromatic N) is 1. The lowest BCUT2D eigenvalue weighted by Gasteiger charge is -2.16. The Morgan fingerprint density at radius 2 is 1.69 bits per heavy atom. The van der Waals surface area contributed by atoms with E-state index >= 15 is 0 Å². The molecule has 0 aliphatic carbocycles. The molecule has 1 heterocycles. The summed E-state index contributed by atoms with van der Waals surface area (Å²) in [6, 6.07) is 21.2. The van der Waals surface area contributed by atoms with Crippen LogP contribution in [0.1, 0.15) is 32.7 Å². The predicted octanol–water partition coefficient (Wildman–Crippen LogP) is 7.26. The predicted molar refractivity (Wildman–Crippen MR) is 134 cm³/mol. The maximum atomic E-state index is 13.2. The van der Waals surface area contributed by atoms with Crippen LogP contribution in [-0.2, 0) is 12.6 Å². The SMILES string of the molecule is Cc1cc(OCCc2ccccn2)ccc1NC(=O)c1cccc(C)c1-c1ccc(C(F)(F)F)cc1. The Kier molecular flexibility index (Phi) is 7.38. The number of rotatable bonds is 7. The highest BCUT2D eigenvalue weighted by Crippen LogP contribution is 2.33. The highest BCUT2D eigenvalue weighted by atomic mass is 19.4. The first-order valence-corrected chi connectivity index (χ1v) is 11.4. The van der Waals surface area contributed by atoms with E-state index in [0.29, 0.717) is 41.2 Å². The number of alkyl halides is 3. The first-order valence-electron chi connectivity index (χ1n) is 11.4. The molecule has 0 spiro atoms. The number of carbonyl (C=O) groups excluding carboxylic acids is 1. The Balaban J connectivity index is 1.49. The van der Waals surface area contributed by atoms with Gasteiger partial charge in [-0.1, -0.05) is 30.3 Å². The smallest absolute Gasteiger partial charge is 0.416 e. The van der Waals surface area contributed by atoms with Crippen LogP contribution < -0.4 is 10.1 Å². The molecular formula is C29H25F3N2O2. The van der Waals surface area contributed by atoms with E-state index in [1.807, 2.05) is 44.2 Å². The molecule has 4 rings (SSSR count). The summed E-state index contributed by atoms with van der Waals surface area (Å²) in [4.78, 5) is 17.5. The number of hydrogen-bond acceptors (Lipinski definition) is 3. The Morgan fingerprint density at radius 1 is 0.917 bits per heavy atom. The number of halogens is 3. The van der Waals surface area contributed by atoms with E-state index in [-0.39, 0.29) is 5.91 Å². The molecule has 3 aromatic carbocycles. The fraction of sp³-hybridized carbons (Fsp3) is 0.172. The molecule has 0 atom stereocenters. The third-order valence-electron chi connectivity index (χ3n) is 5.82. The monoisotopic (exact) mass is 490 g/mol. The van der Waals surface area contributed by atoms with Gasteiger partial charge in [0.05, 0.1) is 12.2 Å². The summed E-state index contributed by atoms with van der Waals surface area (Å²) in [7, 11) is 0. The minimum absolute atomic E-state index is 0.347. The molecule has 7 heteroatoms. The van der Waals surface area contributed by atoms with Crippen LogP contribution >= 0.6 is 0 Å². The maximum Gasteiger partial charge on any atom is 0.416 e. The van der Waals surface area contributed by atoms with Crippen molar-refractivity contribution in [1.29, 1.82) is 0 Å². The molecule has 4 nitrogen and oxygen atoms in total. The molecule has 1 aromatic heterocycles. The fourth-order valence-electron chi connectivity index (χ4n) is 3.94. The summed E-state index contributed by atoms with van der Waals surface area (Å²) >= 11 is 0. The van der Waals surface area contributed by atoms with Gasteiger partial charge >= 0.3 is 6.18 Å². The topological polar surface area (TPSA) is 51.2 Å². The number of pyridine rings is 1. The van der Waals surface area contributed by atoms with Crippen molar-refractivity contribution >= 4 is 11.6 Å². The van der Waals surface area contributed by atoms with Crippen molar-refractivity contribution in [3.8, 4) is 16.9 Å².